The number of nitrogens with one attached hydrogen (secondary N) is 1. The number of hydrogen-bond donors (Lipinski definition) is 2. The lowest BCUT2D eigenvalue weighted by atomic mass is 9.82. The molecule has 32 heavy (non-hydrogen) atoms. The highest BCUT2D eigenvalue weighted by Crippen LogP contribution is 2.49. The molecular weight excluding hydrogens is 412 g/mol. The molecule has 1 atom stereocenters. The molecule has 0 fully saturated rings. The highest BCUT2D eigenvalue weighted by molar-refractivity contribution is 5.72. The molecule has 0 radical (unpaired) electrons. The molecule has 0 spiro atoms. The van der Waals surface area contributed by atoms with E-state index in [1.165, 1.54) is 21.3 Å². The summed E-state index contributed by atoms with van der Waals surface area (Å²) in [5.74, 6) is 1.80. The second-order valence-electron chi connectivity index (χ2n) is 6.93. The molecule has 4 rings (SSSR count). The van der Waals surface area contributed by atoms with Crippen LogP contribution in [0.15, 0.2) is 47.9 Å². The van der Waals surface area contributed by atoms with Gasteiger partial charge in [0.25, 0.3) is 0 Å². The number of rotatable bonds is 6. The van der Waals surface area contributed by atoms with E-state index in [-0.39, 0.29) is 11.5 Å². The van der Waals surface area contributed by atoms with Crippen LogP contribution in [0.1, 0.15) is 17.0 Å². The van der Waals surface area contributed by atoms with Crippen LogP contribution >= 0.6 is 0 Å². The third kappa shape index (κ3) is 3.32. The van der Waals surface area contributed by atoms with Crippen molar-refractivity contribution in [1.29, 1.82) is 5.26 Å². The van der Waals surface area contributed by atoms with Gasteiger partial charge in [0.2, 0.25) is 17.5 Å². The summed E-state index contributed by atoms with van der Waals surface area (Å²) in [5, 5.41) is 17.3. The van der Waals surface area contributed by atoms with E-state index >= 15 is 0 Å². The fourth-order valence-corrected chi connectivity index (χ4v) is 3.82. The molecule has 1 aliphatic rings. The van der Waals surface area contributed by atoms with E-state index in [0.29, 0.717) is 39.9 Å². The summed E-state index contributed by atoms with van der Waals surface area (Å²) < 4.78 is 27.4. The Kier molecular flexibility index (Phi) is 5.52. The van der Waals surface area contributed by atoms with Crippen molar-refractivity contribution >= 4 is 0 Å². The first-order valence-corrected chi connectivity index (χ1v) is 9.66. The second-order valence-corrected chi connectivity index (χ2v) is 6.93. The number of benzene rings is 2. The zero-order chi connectivity index (χ0) is 22.8. The maximum absolute atomic E-state index is 9.94. The van der Waals surface area contributed by atoms with E-state index in [1.807, 2.05) is 24.3 Å². The van der Waals surface area contributed by atoms with Crippen LogP contribution < -0.4 is 29.4 Å². The maximum atomic E-state index is 9.94. The van der Waals surface area contributed by atoms with Gasteiger partial charge in [-0.05, 0) is 42.0 Å². The lowest BCUT2D eigenvalue weighted by Crippen LogP contribution is -2.21. The van der Waals surface area contributed by atoms with Gasteiger partial charge in [-0.25, -0.2) is 0 Å². The number of methoxy groups -OCH3 is 4. The average molecular weight is 434 g/mol. The summed E-state index contributed by atoms with van der Waals surface area (Å²) in [4.78, 5) is 0. The predicted molar refractivity (Wildman–Crippen MR) is 116 cm³/mol. The van der Waals surface area contributed by atoms with E-state index in [1.54, 1.807) is 19.2 Å². The molecule has 0 amide bonds. The summed E-state index contributed by atoms with van der Waals surface area (Å²) in [6, 6.07) is 13.2. The number of ether oxygens (including phenoxy) is 5. The van der Waals surface area contributed by atoms with Gasteiger partial charge in [-0.3, -0.25) is 5.10 Å². The minimum atomic E-state index is -0.576. The summed E-state index contributed by atoms with van der Waals surface area (Å²) in [5.41, 5.74) is 9.27. The summed E-state index contributed by atoms with van der Waals surface area (Å²) in [6.45, 7) is 0. The van der Waals surface area contributed by atoms with Crippen LogP contribution in [0.4, 0.5) is 0 Å². The molecule has 0 saturated heterocycles. The zero-order valence-electron chi connectivity index (χ0n) is 18.1. The van der Waals surface area contributed by atoms with Crippen molar-refractivity contribution in [3.05, 3.63) is 59.0 Å². The molecule has 0 saturated carbocycles. The first kappa shape index (κ1) is 20.9. The monoisotopic (exact) mass is 434 g/mol. The SMILES string of the molecule is COc1ccc(-c2[nH]nc3c2[C@@H](c2cc(OC)c(OC)c(OC)c2)C(C#N)=C(N)O3)cc1. The van der Waals surface area contributed by atoms with Gasteiger partial charge >= 0.3 is 0 Å². The van der Waals surface area contributed by atoms with Crippen molar-refractivity contribution < 1.29 is 23.7 Å². The van der Waals surface area contributed by atoms with Crippen molar-refractivity contribution in [1.82, 2.24) is 10.2 Å². The van der Waals surface area contributed by atoms with Gasteiger partial charge in [0, 0.05) is 5.56 Å². The third-order valence-electron chi connectivity index (χ3n) is 5.34. The quantitative estimate of drug-likeness (QED) is 0.605. The minimum absolute atomic E-state index is 0.00784. The number of nitrogens with two attached hydrogens (primary N) is 1. The molecule has 3 aromatic rings. The van der Waals surface area contributed by atoms with Crippen LogP contribution in [-0.2, 0) is 0 Å². The molecule has 0 bridgehead atoms. The highest BCUT2D eigenvalue weighted by atomic mass is 16.5. The van der Waals surface area contributed by atoms with Crippen LogP contribution in [-0.4, -0.2) is 38.6 Å². The van der Waals surface area contributed by atoms with Crippen molar-refractivity contribution in [2.45, 2.75) is 5.92 Å². The van der Waals surface area contributed by atoms with E-state index < -0.39 is 5.92 Å². The van der Waals surface area contributed by atoms with Crippen molar-refractivity contribution in [3.63, 3.8) is 0 Å². The molecule has 3 N–H and O–H groups in total. The van der Waals surface area contributed by atoms with Crippen molar-refractivity contribution in [2.24, 2.45) is 5.73 Å². The first-order valence-electron chi connectivity index (χ1n) is 9.66. The Bertz CT molecular complexity index is 1200. The minimum Gasteiger partial charge on any atom is -0.497 e. The average Bonchev–Trinajstić information content (AvgIpc) is 3.25. The van der Waals surface area contributed by atoms with Crippen LogP contribution in [0.3, 0.4) is 0 Å². The van der Waals surface area contributed by atoms with E-state index in [9.17, 15) is 5.26 Å². The number of aromatic nitrogens is 2. The van der Waals surface area contributed by atoms with Gasteiger partial charge in [0.15, 0.2) is 11.5 Å². The normalized spacial score (nSPS) is 14.8. The number of nitriles is 1. The maximum Gasteiger partial charge on any atom is 0.244 e. The van der Waals surface area contributed by atoms with E-state index in [4.69, 9.17) is 29.4 Å². The molecule has 9 nitrogen and oxygen atoms in total. The molecule has 0 aliphatic carbocycles. The Balaban J connectivity index is 1.95. The number of H-pyrrole nitrogens is 1. The number of allylic oxidation sites excluding steroid dienone is 1. The predicted octanol–water partition coefficient (Wildman–Crippen LogP) is 3.33. The Hall–Kier alpha value is -4.32. The zero-order valence-corrected chi connectivity index (χ0v) is 18.1. The molecular formula is C23H22N4O5. The van der Waals surface area contributed by atoms with Crippen LogP contribution in [0, 0.1) is 11.3 Å². The Morgan fingerprint density at radius 1 is 1.00 bits per heavy atom. The van der Waals surface area contributed by atoms with Gasteiger partial charge in [-0.15, -0.1) is 5.10 Å². The van der Waals surface area contributed by atoms with Crippen molar-refractivity contribution in [3.8, 4) is 46.2 Å². The van der Waals surface area contributed by atoms with E-state index in [0.717, 1.165) is 11.3 Å². The van der Waals surface area contributed by atoms with Crippen LogP contribution in [0.25, 0.3) is 11.3 Å². The molecule has 164 valence electrons. The lowest BCUT2D eigenvalue weighted by Gasteiger charge is -2.25. The topological polar surface area (TPSA) is 125 Å². The van der Waals surface area contributed by atoms with Gasteiger partial charge in [-0.2, -0.15) is 5.26 Å². The second kappa shape index (κ2) is 8.43. The fourth-order valence-electron chi connectivity index (χ4n) is 3.82. The van der Waals surface area contributed by atoms with Gasteiger partial charge in [0.05, 0.1) is 45.6 Å². The first-order chi connectivity index (χ1) is 15.6. The number of nitrogens with zero attached hydrogens (tertiary/aromatic N) is 2. The third-order valence-corrected chi connectivity index (χ3v) is 5.34. The standard InChI is InChI=1S/C23H22N4O5/c1-28-14-7-5-12(6-8-14)20-19-18(15(11-24)22(25)32-23(19)27-26-20)13-9-16(29-2)21(31-4)17(10-13)30-3/h5-10,18H,25H2,1-4H3,(H,26,27)/t18-/m0/s1. The number of hydrogen-bond acceptors (Lipinski definition) is 8. The summed E-state index contributed by atoms with van der Waals surface area (Å²) >= 11 is 0. The Morgan fingerprint density at radius 2 is 1.66 bits per heavy atom. The van der Waals surface area contributed by atoms with Gasteiger partial charge < -0.3 is 29.4 Å². The Labute approximate surface area is 184 Å². The Morgan fingerprint density at radius 3 is 2.19 bits per heavy atom. The molecule has 9 heteroatoms. The highest BCUT2D eigenvalue weighted by Gasteiger charge is 2.36. The number of aromatic amines is 1. The lowest BCUT2D eigenvalue weighted by molar-refractivity contribution is 0.323. The number of fused-ring (bicyclic) bond motifs is 1. The molecule has 0 unspecified atom stereocenters. The summed E-state index contributed by atoms with van der Waals surface area (Å²) in [7, 11) is 6.20. The van der Waals surface area contributed by atoms with Gasteiger partial charge in [-0.1, -0.05) is 0 Å². The van der Waals surface area contributed by atoms with Crippen molar-refractivity contribution in [2.75, 3.05) is 28.4 Å². The van der Waals surface area contributed by atoms with Gasteiger partial charge in [0.1, 0.15) is 17.4 Å². The van der Waals surface area contributed by atoms with Crippen LogP contribution in [0.2, 0.25) is 0 Å². The van der Waals surface area contributed by atoms with E-state index in [2.05, 4.69) is 16.3 Å². The summed E-state index contributed by atoms with van der Waals surface area (Å²) in [6.07, 6.45) is 0. The molecule has 2 heterocycles. The molecule has 1 aliphatic heterocycles. The largest absolute Gasteiger partial charge is 0.497 e. The fraction of sp³-hybridized carbons (Fsp3) is 0.217. The molecule has 1 aromatic heterocycles. The molecule has 2 aromatic carbocycles. The smallest absolute Gasteiger partial charge is 0.244 e. The van der Waals surface area contributed by atoms with Crippen LogP contribution in [0.5, 0.6) is 28.9 Å².